The number of hydrogen-bond donors (Lipinski definition) is 0. The quantitative estimate of drug-likeness (QED) is 0.424. The van der Waals surface area contributed by atoms with E-state index < -0.39 is 0 Å². The molecule has 0 aliphatic carbocycles. The first-order valence-electron chi connectivity index (χ1n) is 2.98. The largest absolute Gasteiger partial charge is 0.353 e. The topological polar surface area (TPSA) is 41.8 Å². The summed E-state index contributed by atoms with van der Waals surface area (Å²) in [6.45, 7) is 0. The molecule has 0 N–H and O–H groups in total. The highest BCUT2D eigenvalue weighted by molar-refractivity contribution is 6.39. The summed E-state index contributed by atoms with van der Waals surface area (Å²) in [7, 11) is 5.64. The molecular formula is C6H10N3O+. The van der Waals surface area contributed by atoms with Crippen LogP contribution in [-0.2, 0) is 4.79 Å². The molecule has 4 heteroatoms. The minimum atomic E-state index is -0.229. The summed E-state index contributed by atoms with van der Waals surface area (Å²) in [5, 5.41) is 0. The second-order valence-corrected chi connectivity index (χ2v) is 3.01. The molecule has 0 spiro atoms. The van der Waals surface area contributed by atoms with Crippen molar-refractivity contribution in [3.8, 4) is 0 Å². The fourth-order valence-electron chi connectivity index (χ4n) is 0.709. The number of rotatable bonds is 0. The molecule has 1 rings (SSSR count). The number of carbonyl (C=O) groups excluding carboxylic acids is 1. The van der Waals surface area contributed by atoms with E-state index in [2.05, 4.69) is 9.98 Å². The first-order valence-corrected chi connectivity index (χ1v) is 2.98. The molecule has 1 aliphatic rings. The molecule has 0 unspecified atom stereocenters. The number of carbonyl (C=O) groups is 1. The minimum Gasteiger partial charge on any atom is -0.277 e. The maximum atomic E-state index is 10.9. The Morgan fingerprint density at radius 1 is 1.40 bits per heavy atom. The van der Waals surface area contributed by atoms with Crippen LogP contribution in [0.25, 0.3) is 0 Å². The van der Waals surface area contributed by atoms with Crippen LogP contribution in [0.15, 0.2) is 9.98 Å². The third kappa shape index (κ3) is 1.11. The van der Waals surface area contributed by atoms with Gasteiger partial charge in [0.2, 0.25) is 0 Å². The summed E-state index contributed by atoms with van der Waals surface area (Å²) in [5.41, 5.74) is 0. The van der Waals surface area contributed by atoms with Gasteiger partial charge in [0.05, 0.1) is 21.1 Å². The Bertz CT molecular complexity index is 222. The smallest absolute Gasteiger partial charge is 0.277 e. The van der Waals surface area contributed by atoms with E-state index in [1.54, 1.807) is 0 Å². The lowest BCUT2D eigenvalue weighted by Crippen LogP contribution is -2.44. The average Bonchev–Trinajstić information content (AvgIpc) is 2.11. The molecule has 0 aromatic rings. The third-order valence-electron chi connectivity index (χ3n) is 1.18. The number of aliphatic imine (C=N–C) groups is 2. The molecule has 1 amide bonds. The monoisotopic (exact) mass is 140 g/mol. The molecule has 0 aromatic carbocycles. The van der Waals surface area contributed by atoms with Gasteiger partial charge in [-0.2, -0.15) is 9.98 Å². The van der Waals surface area contributed by atoms with Gasteiger partial charge in [0.25, 0.3) is 5.84 Å². The molecule has 0 saturated heterocycles. The van der Waals surface area contributed by atoms with Crippen LogP contribution in [-0.4, -0.2) is 43.7 Å². The molecule has 54 valence electrons. The van der Waals surface area contributed by atoms with E-state index in [0.717, 1.165) is 0 Å². The number of amides is 1. The zero-order chi connectivity index (χ0) is 7.78. The first-order chi connectivity index (χ1) is 4.52. The summed E-state index contributed by atoms with van der Waals surface area (Å²) in [5.74, 6) is 0.257. The van der Waals surface area contributed by atoms with Crippen molar-refractivity contribution in [2.45, 2.75) is 0 Å². The van der Waals surface area contributed by atoms with Gasteiger partial charge in [-0.3, -0.25) is 9.28 Å². The maximum Gasteiger partial charge on any atom is 0.353 e. The summed E-state index contributed by atoms with van der Waals surface area (Å²) >= 11 is 0. The van der Waals surface area contributed by atoms with Gasteiger partial charge in [-0.15, -0.1) is 0 Å². The summed E-state index contributed by atoms with van der Waals surface area (Å²) in [6, 6.07) is 0. The number of hydrogen-bond acceptors (Lipinski definition) is 2. The average molecular weight is 140 g/mol. The van der Waals surface area contributed by atoms with Crippen molar-refractivity contribution in [2.75, 3.05) is 21.1 Å². The highest BCUT2D eigenvalue weighted by atomic mass is 16.2. The van der Waals surface area contributed by atoms with Crippen LogP contribution in [0.1, 0.15) is 0 Å². The van der Waals surface area contributed by atoms with Crippen molar-refractivity contribution >= 4 is 18.1 Å². The molecule has 0 atom stereocenters. The first kappa shape index (κ1) is 7.08. The molecule has 10 heavy (non-hydrogen) atoms. The van der Waals surface area contributed by atoms with E-state index in [1.165, 1.54) is 6.34 Å². The van der Waals surface area contributed by atoms with Crippen molar-refractivity contribution in [2.24, 2.45) is 9.98 Å². The molecule has 0 saturated carbocycles. The minimum absolute atomic E-state index is 0.229. The number of likely N-dealkylation sites (N-methyl/N-ethyl adjacent to an activating group) is 1. The van der Waals surface area contributed by atoms with Crippen molar-refractivity contribution in [1.29, 1.82) is 0 Å². The Morgan fingerprint density at radius 2 is 2.00 bits per heavy atom. The number of nitrogens with zero attached hydrogens (tertiary/aromatic N) is 3. The highest BCUT2D eigenvalue weighted by Crippen LogP contribution is 2.01. The van der Waals surface area contributed by atoms with Crippen LogP contribution < -0.4 is 0 Å². The SMILES string of the molecule is C[N+](C)(C)C1=NC=NC1=O. The van der Waals surface area contributed by atoms with Gasteiger partial charge in [-0.05, 0) is 0 Å². The molecule has 1 aliphatic heterocycles. The normalized spacial score (nSPS) is 17.9. The van der Waals surface area contributed by atoms with Crippen LogP contribution in [0.4, 0.5) is 0 Å². The van der Waals surface area contributed by atoms with Gasteiger partial charge in [0, 0.05) is 0 Å². The van der Waals surface area contributed by atoms with Crippen LogP contribution in [0.2, 0.25) is 0 Å². The van der Waals surface area contributed by atoms with Crippen molar-refractivity contribution in [1.82, 2.24) is 0 Å². The fourth-order valence-corrected chi connectivity index (χ4v) is 0.709. The molecule has 0 aromatic heterocycles. The summed E-state index contributed by atoms with van der Waals surface area (Å²) in [4.78, 5) is 18.2. The lowest BCUT2D eigenvalue weighted by Gasteiger charge is -2.20. The Balaban J connectivity index is 2.88. The van der Waals surface area contributed by atoms with Crippen molar-refractivity contribution < 1.29 is 9.28 Å². The maximum absolute atomic E-state index is 10.9. The van der Waals surface area contributed by atoms with Crippen LogP contribution in [0.5, 0.6) is 0 Å². The van der Waals surface area contributed by atoms with Gasteiger partial charge < -0.3 is 0 Å². The van der Waals surface area contributed by atoms with Crippen molar-refractivity contribution in [3.63, 3.8) is 0 Å². The molecule has 1 heterocycles. The van der Waals surface area contributed by atoms with E-state index in [0.29, 0.717) is 10.3 Å². The van der Waals surface area contributed by atoms with Gasteiger partial charge in [0.15, 0.2) is 0 Å². The van der Waals surface area contributed by atoms with Gasteiger partial charge >= 0.3 is 5.91 Å². The predicted octanol–water partition coefficient (Wildman–Crippen LogP) is -0.340. The van der Waals surface area contributed by atoms with Crippen LogP contribution in [0.3, 0.4) is 0 Å². The van der Waals surface area contributed by atoms with E-state index in [9.17, 15) is 4.79 Å². The lowest BCUT2D eigenvalue weighted by molar-refractivity contribution is -0.774. The Hall–Kier alpha value is -1.03. The molecule has 0 fully saturated rings. The van der Waals surface area contributed by atoms with Gasteiger partial charge in [-0.1, -0.05) is 0 Å². The van der Waals surface area contributed by atoms with Crippen LogP contribution in [0, 0.1) is 0 Å². The number of amidine groups is 1. The standard InChI is InChI=1S/C6H10N3O/c1-9(2,3)5-6(10)8-4-7-5/h4H,1-3H3/q+1. The molecule has 0 bridgehead atoms. The second kappa shape index (κ2) is 1.98. The Kier molecular flexibility index (Phi) is 1.40. The number of quaternary nitrogens is 1. The van der Waals surface area contributed by atoms with E-state index in [4.69, 9.17) is 0 Å². The summed E-state index contributed by atoms with van der Waals surface area (Å²) < 4.78 is 0.429. The molecular weight excluding hydrogens is 130 g/mol. The fraction of sp³-hybridized carbons (Fsp3) is 0.500. The second-order valence-electron chi connectivity index (χ2n) is 3.01. The predicted molar refractivity (Wildman–Crippen MR) is 39.0 cm³/mol. The summed E-state index contributed by atoms with van der Waals surface area (Å²) in [6.07, 6.45) is 1.29. The molecule has 0 radical (unpaired) electrons. The molecule has 4 nitrogen and oxygen atoms in total. The van der Waals surface area contributed by atoms with Crippen LogP contribution >= 0.6 is 0 Å². The zero-order valence-corrected chi connectivity index (χ0v) is 6.33. The van der Waals surface area contributed by atoms with Crippen molar-refractivity contribution in [3.05, 3.63) is 0 Å². The zero-order valence-electron chi connectivity index (χ0n) is 6.33. The van der Waals surface area contributed by atoms with E-state index >= 15 is 0 Å². The van der Waals surface area contributed by atoms with E-state index in [-0.39, 0.29) is 5.91 Å². The third-order valence-corrected chi connectivity index (χ3v) is 1.18. The van der Waals surface area contributed by atoms with Gasteiger partial charge in [0.1, 0.15) is 6.34 Å². The Morgan fingerprint density at radius 3 is 2.20 bits per heavy atom. The highest BCUT2D eigenvalue weighted by Gasteiger charge is 2.28. The van der Waals surface area contributed by atoms with E-state index in [1.807, 2.05) is 21.1 Å². The Labute approximate surface area is 59.5 Å². The van der Waals surface area contributed by atoms with Gasteiger partial charge in [-0.25, -0.2) is 0 Å². The lowest BCUT2D eigenvalue weighted by atomic mass is 10.4.